The van der Waals surface area contributed by atoms with E-state index in [0.717, 1.165) is 50.4 Å². The average molecular weight is 393 g/mol. The molecule has 2 aromatic carbocycles. The predicted octanol–water partition coefficient (Wildman–Crippen LogP) is 4.31. The van der Waals surface area contributed by atoms with Crippen LogP contribution in [0.3, 0.4) is 0 Å². The van der Waals surface area contributed by atoms with Gasteiger partial charge in [0.25, 0.3) is 0 Å². The Kier molecular flexibility index (Phi) is 5.00. The highest BCUT2D eigenvalue weighted by Crippen LogP contribution is 2.37. The lowest BCUT2D eigenvalue weighted by Crippen LogP contribution is -2.50. The van der Waals surface area contributed by atoms with Gasteiger partial charge in [-0.15, -0.1) is 0 Å². The van der Waals surface area contributed by atoms with Crippen molar-refractivity contribution in [2.45, 2.75) is 69.9 Å². The lowest BCUT2D eigenvalue weighted by atomic mass is 9.81. The molecule has 29 heavy (non-hydrogen) atoms. The number of nitrogens with zero attached hydrogens (tertiary/aromatic N) is 1. The third kappa shape index (κ3) is 3.88. The van der Waals surface area contributed by atoms with E-state index >= 15 is 0 Å². The first-order valence-corrected chi connectivity index (χ1v) is 11.1. The molecule has 1 fully saturated rings. The molecule has 1 N–H and O–H groups in total. The minimum absolute atomic E-state index is 0.0506. The number of nitrogens with one attached hydrogen (secondary N) is 1. The van der Waals surface area contributed by atoms with Gasteiger partial charge in [0, 0.05) is 37.7 Å². The Morgan fingerprint density at radius 1 is 1.07 bits per heavy atom. The van der Waals surface area contributed by atoms with Crippen molar-refractivity contribution in [3.63, 3.8) is 0 Å². The number of fused-ring (bicyclic) bond motifs is 2. The summed E-state index contributed by atoms with van der Waals surface area (Å²) in [5, 5.41) is 3.62. The van der Waals surface area contributed by atoms with Gasteiger partial charge in [0.1, 0.15) is 23.2 Å². The highest BCUT2D eigenvalue weighted by Gasteiger charge is 2.39. The van der Waals surface area contributed by atoms with Crippen molar-refractivity contribution < 1.29 is 9.47 Å². The highest BCUT2D eigenvalue weighted by molar-refractivity contribution is 5.40. The van der Waals surface area contributed by atoms with Gasteiger partial charge in [-0.25, -0.2) is 0 Å². The van der Waals surface area contributed by atoms with Crippen LogP contribution in [0, 0.1) is 0 Å². The van der Waals surface area contributed by atoms with Gasteiger partial charge in [-0.05, 0) is 62.9 Å². The van der Waals surface area contributed by atoms with Gasteiger partial charge in [-0.2, -0.15) is 0 Å². The standard InChI is InChI=1S/C25H32N2O2/c1-18-13-21-14-19(7-8-23(21)28-18)16-27(2)22-9-11-25(12-10-22)17-26-15-20-5-3-4-6-24(20)29-25/h3-8,14,18,22,26H,9-13,15-17H2,1-2H3. The second-order valence-electron chi connectivity index (χ2n) is 9.22. The molecule has 4 heteroatoms. The zero-order chi connectivity index (χ0) is 19.8. The van der Waals surface area contributed by atoms with Gasteiger partial charge >= 0.3 is 0 Å². The molecule has 1 saturated carbocycles. The maximum atomic E-state index is 6.60. The fourth-order valence-electron chi connectivity index (χ4n) is 5.28. The summed E-state index contributed by atoms with van der Waals surface area (Å²) >= 11 is 0. The summed E-state index contributed by atoms with van der Waals surface area (Å²) in [7, 11) is 2.27. The monoisotopic (exact) mass is 392 g/mol. The second-order valence-corrected chi connectivity index (χ2v) is 9.22. The van der Waals surface area contributed by atoms with Crippen LogP contribution in [0.25, 0.3) is 0 Å². The molecule has 0 aromatic heterocycles. The Morgan fingerprint density at radius 2 is 1.90 bits per heavy atom. The van der Waals surface area contributed by atoms with Crippen molar-refractivity contribution in [3.05, 3.63) is 59.2 Å². The fourth-order valence-corrected chi connectivity index (χ4v) is 5.28. The van der Waals surface area contributed by atoms with E-state index < -0.39 is 0 Å². The summed E-state index contributed by atoms with van der Waals surface area (Å²) in [6.07, 6.45) is 5.94. The summed E-state index contributed by atoms with van der Waals surface area (Å²) < 4.78 is 12.4. The molecule has 1 aliphatic carbocycles. The summed E-state index contributed by atoms with van der Waals surface area (Å²) in [6, 6.07) is 15.8. The van der Waals surface area contributed by atoms with E-state index in [1.165, 1.54) is 29.5 Å². The number of ether oxygens (including phenoxy) is 2. The zero-order valence-electron chi connectivity index (χ0n) is 17.6. The minimum Gasteiger partial charge on any atom is -0.490 e. The van der Waals surface area contributed by atoms with Crippen molar-refractivity contribution in [1.82, 2.24) is 10.2 Å². The second kappa shape index (κ2) is 7.66. The maximum absolute atomic E-state index is 6.60. The van der Waals surface area contributed by atoms with E-state index in [0.29, 0.717) is 12.1 Å². The van der Waals surface area contributed by atoms with Crippen LogP contribution >= 0.6 is 0 Å². The van der Waals surface area contributed by atoms with E-state index in [1.54, 1.807) is 0 Å². The lowest BCUT2D eigenvalue weighted by Gasteiger charge is -2.42. The smallest absolute Gasteiger partial charge is 0.124 e. The quantitative estimate of drug-likeness (QED) is 0.844. The number of hydrogen-bond acceptors (Lipinski definition) is 4. The van der Waals surface area contributed by atoms with Crippen LogP contribution in [-0.2, 0) is 19.5 Å². The molecule has 3 aliphatic rings. The van der Waals surface area contributed by atoms with Crippen molar-refractivity contribution >= 4 is 0 Å². The summed E-state index contributed by atoms with van der Waals surface area (Å²) in [5.74, 6) is 2.14. The third-order valence-corrected chi connectivity index (χ3v) is 6.94. The van der Waals surface area contributed by atoms with Crippen LogP contribution in [-0.4, -0.2) is 36.2 Å². The largest absolute Gasteiger partial charge is 0.490 e. The Labute approximate surface area is 174 Å². The normalized spacial score (nSPS) is 28.4. The Morgan fingerprint density at radius 3 is 2.76 bits per heavy atom. The predicted molar refractivity (Wildman–Crippen MR) is 115 cm³/mol. The summed E-state index contributed by atoms with van der Waals surface area (Å²) in [4.78, 5) is 2.53. The number of rotatable bonds is 3. The Bertz CT molecular complexity index is 873. The molecule has 0 amide bonds. The lowest BCUT2D eigenvalue weighted by molar-refractivity contribution is 0.00873. The molecule has 0 saturated heterocycles. The highest BCUT2D eigenvalue weighted by atomic mass is 16.5. The molecule has 1 atom stereocenters. The number of benzene rings is 2. The Balaban J connectivity index is 1.21. The molecule has 2 heterocycles. The summed E-state index contributed by atoms with van der Waals surface area (Å²) in [6.45, 7) is 5.00. The molecule has 0 radical (unpaired) electrons. The first kappa shape index (κ1) is 19.0. The van der Waals surface area contributed by atoms with E-state index in [4.69, 9.17) is 9.47 Å². The van der Waals surface area contributed by atoms with Crippen LogP contribution in [0.5, 0.6) is 11.5 Å². The van der Waals surface area contributed by atoms with Gasteiger partial charge < -0.3 is 14.8 Å². The molecule has 4 nitrogen and oxygen atoms in total. The first-order chi connectivity index (χ1) is 14.1. The van der Waals surface area contributed by atoms with Crippen molar-refractivity contribution in [1.29, 1.82) is 0 Å². The first-order valence-electron chi connectivity index (χ1n) is 11.1. The van der Waals surface area contributed by atoms with Gasteiger partial charge in [-0.1, -0.05) is 30.3 Å². The molecular weight excluding hydrogens is 360 g/mol. The van der Waals surface area contributed by atoms with E-state index in [9.17, 15) is 0 Å². The van der Waals surface area contributed by atoms with Crippen LogP contribution in [0.1, 0.15) is 49.3 Å². The molecule has 154 valence electrons. The molecule has 1 unspecified atom stereocenters. The molecule has 2 aromatic rings. The fraction of sp³-hybridized carbons (Fsp3) is 0.520. The van der Waals surface area contributed by atoms with Gasteiger partial charge in [-0.3, -0.25) is 4.90 Å². The molecule has 5 rings (SSSR count). The average Bonchev–Trinajstić information content (AvgIpc) is 2.99. The number of hydrogen-bond donors (Lipinski definition) is 1. The minimum atomic E-state index is -0.0506. The molecule has 1 spiro atoms. The Hall–Kier alpha value is -2.04. The van der Waals surface area contributed by atoms with Crippen LogP contribution in [0.4, 0.5) is 0 Å². The van der Waals surface area contributed by atoms with Gasteiger partial charge in [0.2, 0.25) is 0 Å². The van der Waals surface area contributed by atoms with E-state index in [2.05, 4.69) is 66.7 Å². The zero-order valence-corrected chi connectivity index (χ0v) is 17.6. The maximum Gasteiger partial charge on any atom is 0.124 e. The van der Waals surface area contributed by atoms with Crippen molar-refractivity contribution in [2.24, 2.45) is 0 Å². The molecule has 2 aliphatic heterocycles. The van der Waals surface area contributed by atoms with Crippen LogP contribution < -0.4 is 14.8 Å². The van der Waals surface area contributed by atoms with E-state index in [1.807, 2.05) is 0 Å². The molecular formula is C25H32N2O2. The van der Waals surface area contributed by atoms with Crippen LogP contribution in [0.15, 0.2) is 42.5 Å². The molecule has 0 bridgehead atoms. The van der Waals surface area contributed by atoms with Crippen LogP contribution in [0.2, 0.25) is 0 Å². The van der Waals surface area contributed by atoms with Gasteiger partial charge in [0.15, 0.2) is 0 Å². The van der Waals surface area contributed by atoms with Gasteiger partial charge in [0.05, 0.1) is 0 Å². The third-order valence-electron chi connectivity index (χ3n) is 6.94. The topological polar surface area (TPSA) is 33.7 Å². The van der Waals surface area contributed by atoms with Crippen molar-refractivity contribution in [3.8, 4) is 11.5 Å². The SMILES string of the molecule is CC1Cc2cc(CN(C)C3CCC4(CC3)CNCc3ccccc3O4)ccc2O1. The van der Waals surface area contributed by atoms with Crippen molar-refractivity contribution in [2.75, 3.05) is 13.6 Å². The summed E-state index contributed by atoms with van der Waals surface area (Å²) in [5.41, 5.74) is 3.98. The number of para-hydroxylation sites is 1. The van der Waals surface area contributed by atoms with E-state index in [-0.39, 0.29) is 5.60 Å².